The van der Waals surface area contributed by atoms with E-state index in [2.05, 4.69) is 27.2 Å². The molecule has 8 nitrogen and oxygen atoms in total. The minimum absolute atomic E-state index is 0.0249. The quantitative estimate of drug-likeness (QED) is 0.380. The number of nitrogens with one attached hydrogen (secondary N) is 1. The second-order valence-electron chi connectivity index (χ2n) is 6.05. The lowest BCUT2D eigenvalue weighted by molar-refractivity contribution is 0.0787. The monoisotopic (exact) mass is 354 g/mol. The number of benzene rings is 1. The van der Waals surface area contributed by atoms with Crippen LogP contribution in [0.25, 0.3) is 5.69 Å². The molecule has 136 valence electrons. The maximum Gasteiger partial charge on any atom is 0.256 e. The van der Waals surface area contributed by atoms with Crippen LogP contribution in [-0.4, -0.2) is 60.2 Å². The number of carbonyl (C=O) groups excluding carboxylic acids is 1. The summed E-state index contributed by atoms with van der Waals surface area (Å²) >= 11 is 0. The molecule has 0 bridgehead atoms. The second-order valence-corrected chi connectivity index (χ2v) is 6.05. The number of hydrogen-bond acceptors (Lipinski definition) is 5. The summed E-state index contributed by atoms with van der Waals surface area (Å²) in [5.41, 5.74) is 3.77. The normalized spacial score (nSPS) is 13.9. The van der Waals surface area contributed by atoms with Gasteiger partial charge in [0.15, 0.2) is 0 Å². The van der Waals surface area contributed by atoms with Crippen molar-refractivity contribution in [2.75, 3.05) is 27.2 Å². The van der Waals surface area contributed by atoms with Crippen LogP contribution in [0.2, 0.25) is 0 Å². The zero-order valence-corrected chi connectivity index (χ0v) is 15.2. The van der Waals surface area contributed by atoms with Crippen molar-refractivity contribution in [2.45, 2.75) is 13.5 Å². The molecule has 1 aliphatic heterocycles. The Morgan fingerprint density at radius 2 is 2.27 bits per heavy atom. The molecule has 0 saturated carbocycles. The van der Waals surface area contributed by atoms with Crippen molar-refractivity contribution in [3.63, 3.8) is 0 Å². The van der Waals surface area contributed by atoms with Crippen LogP contribution in [0.5, 0.6) is 0 Å². The van der Waals surface area contributed by atoms with E-state index in [1.54, 1.807) is 18.3 Å². The van der Waals surface area contributed by atoms with Gasteiger partial charge in [-0.05, 0) is 32.3 Å². The fourth-order valence-electron chi connectivity index (χ4n) is 2.94. The van der Waals surface area contributed by atoms with Crippen LogP contribution < -0.4 is 5.32 Å². The first-order valence-corrected chi connectivity index (χ1v) is 8.31. The van der Waals surface area contributed by atoms with Gasteiger partial charge in [-0.1, -0.05) is 17.3 Å². The predicted octanol–water partition coefficient (Wildman–Crippen LogP) is 1.36. The van der Waals surface area contributed by atoms with E-state index >= 15 is 0 Å². The number of rotatable bonds is 5. The number of amidine groups is 1. The van der Waals surface area contributed by atoms with Crippen molar-refractivity contribution in [2.24, 2.45) is 10.1 Å². The molecule has 0 spiro atoms. The van der Waals surface area contributed by atoms with Crippen LogP contribution in [-0.2, 0) is 11.4 Å². The highest BCUT2D eigenvalue weighted by Crippen LogP contribution is 2.28. The SMILES string of the molecule is C=N/C(=N\OCCNC)c1ncn2c1CN(C)C(=O)c1c(C)cccc1-2. The molecule has 0 radical (unpaired) electrons. The number of fused-ring (bicyclic) bond motifs is 3. The van der Waals surface area contributed by atoms with E-state index < -0.39 is 0 Å². The van der Waals surface area contributed by atoms with E-state index in [0.29, 0.717) is 36.8 Å². The van der Waals surface area contributed by atoms with Crippen molar-refractivity contribution < 1.29 is 9.63 Å². The summed E-state index contributed by atoms with van der Waals surface area (Å²) < 4.78 is 1.91. The van der Waals surface area contributed by atoms with Gasteiger partial charge in [-0.3, -0.25) is 9.36 Å². The third-order valence-corrected chi connectivity index (χ3v) is 4.28. The van der Waals surface area contributed by atoms with Gasteiger partial charge in [-0.2, -0.15) is 0 Å². The van der Waals surface area contributed by atoms with Crippen LogP contribution in [0.4, 0.5) is 0 Å². The minimum Gasteiger partial charge on any atom is -0.393 e. The molecular formula is C18H22N6O2. The Hall–Kier alpha value is -3.00. The lowest BCUT2D eigenvalue weighted by Gasteiger charge is -2.15. The van der Waals surface area contributed by atoms with Gasteiger partial charge >= 0.3 is 0 Å². The van der Waals surface area contributed by atoms with E-state index in [4.69, 9.17) is 4.84 Å². The number of nitrogens with zero attached hydrogens (tertiary/aromatic N) is 5. The molecule has 2 heterocycles. The maximum atomic E-state index is 12.8. The van der Waals surface area contributed by atoms with E-state index in [1.807, 2.05) is 36.7 Å². The minimum atomic E-state index is -0.0249. The Labute approximate surface area is 152 Å². The van der Waals surface area contributed by atoms with Crippen LogP contribution in [0.15, 0.2) is 34.7 Å². The standard InChI is InChI=1S/C18H22N6O2/c1-12-6-5-7-13-15(12)18(25)23(4)10-14-16(21-11-24(13)14)17(20-3)22-26-9-8-19-2/h5-7,11,19H,3,8-10H2,1-2,4H3/b22-17-. The van der Waals surface area contributed by atoms with E-state index in [1.165, 1.54) is 0 Å². The molecule has 0 aliphatic carbocycles. The Morgan fingerprint density at radius 1 is 1.46 bits per heavy atom. The largest absolute Gasteiger partial charge is 0.393 e. The van der Waals surface area contributed by atoms with Crippen molar-refractivity contribution in [1.82, 2.24) is 19.8 Å². The molecule has 8 heteroatoms. The molecule has 1 aromatic heterocycles. The first kappa shape index (κ1) is 17.8. The number of aromatic nitrogens is 2. The Kier molecular flexibility index (Phi) is 5.13. The zero-order chi connectivity index (χ0) is 18.7. The van der Waals surface area contributed by atoms with Crippen LogP contribution in [0.3, 0.4) is 0 Å². The van der Waals surface area contributed by atoms with Crippen LogP contribution in [0.1, 0.15) is 27.3 Å². The van der Waals surface area contributed by atoms with Crippen molar-refractivity contribution >= 4 is 18.5 Å². The second kappa shape index (κ2) is 7.49. The summed E-state index contributed by atoms with van der Waals surface area (Å²) in [7, 11) is 3.61. The molecule has 2 aromatic rings. The van der Waals surface area contributed by atoms with Gasteiger partial charge < -0.3 is 15.1 Å². The van der Waals surface area contributed by atoms with Crippen LogP contribution in [0, 0.1) is 6.92 Å². The average Bonchev–Trinajstić information content (AvgIpc) is 3.00. The summed E-state index contributed by atoms with van der Waals surface area (Å²) in [4.78, 5) is 28.2. The molecule has 0 unspecified atom stereocenters. The zero-order valence-electron chi connectivity index (χ0n) is 15.2. The number of aliphatic imine (C=N–C) groups is 1. The molecule has 0 atom stereocenters. The summed E-state index contributed by atoms with van der Waals surface area (Å²) in [6, 6.07) is 5.77. The third-order valence-electron chi connectivity index (χ3n) is 4.28. The first-order valence-electron chi connectivity index (χ1n) is 8.31. The summed E-state index contributed by atoms with van der Waals surface area (Å²) in [6.07, 6.45) is 1.68. The fourth-order valence-corrected chi connectivity index (χ4v) is 2.94. The summed E-state index contributed by atoms with van der Waals surface area (Å²) in [6.45, 7) is 6.96. The van der Waals surface area contributed by atoms with Gasteiger partial charge in [-0.25, -0.2) is 9.98 Å². The summed E-state index contributed by atoms with van der Waals surface area (Å²) in [5.74, 6) is 0.273. The van der Waals surface area contributed by atoms with E-state index in [9.17, 15) is 4.79 Å². The van der Waals surface area contributed by atoms with Crippen molar-refractivity contribution in [3.8, 4) is 5.69 Å². The van der Waals surface area contributed by atoms with Crippen molar-refractivity contribution in [1.29, 1.82) is 0 Å². The highest BCUT2D eigenvalue weighted by molar-refractivity contribution is 6.02. The number of oxime groups is 1. The third kappa shape index (κ3) is 3.11. The van der Waals surface area contributed by atoms with Gasteiger partial charge in [0.1, 0.15) is 18.6 Å². The molecule has 1 amide bonds. The topological polar surface area (TPSA) is 84.1 Å². The number of hydrogen-bond donors (Lipinski definition) is 1. The molecule has 1 aromatic carbocycles. The van der Waals surface area contributed by atoms with Crippen molar-refractivity contribution in [3.05, 3.63) is 47.0 Å². The first-order chi connectivity index (χ1) is 12.6. The Balaban J connectivity index is 2.08. The molecule has 26 heavy (non-hydrogen) atoms. The highest BCUT2D eigenvalue weighted by Gasteiger charge is 2.28. The van der Waals surface area contributed by atoms with E-state index in [0.717, 1.165) is 16.9 Å². The fraction of sp³-hybridized carbons (Fsp3) is 0.333. The number of likely N-dealkylation sites (N-methyl/N-ethyl adjacent to an activating group) is 1. The molecular weight excluding hydrogens is 332 g/mol. The number of amides is 1. The lowest BCUT2D eigenvalue weighted by atomic mass is 10.1. The molecule has 0 fully saturated rings. The van der Waals surface area contributed by atoms with Crippen LogP contribution >= 0.6 is 0 Å². The average molecular weight is 354 g/mol. The molecule has 1 N–H and O–H groups in total. The number of imidazole rings is 1. The maximum absolute atomic E-state index is 12.8. The molecule has 0 saturated heterocycles. The smallest absolute Gasteiger partial charge is 0.256 e. The van der Waals surface area contributed by atoms with Gasteiger partial charge in [0.05, 0.1) is 23.5 Å². The van der Waals surface area contributed by atoms with E-state index in [-0.39, 0.29) is 5.91 Å². The summed E-state index contributed by atoms with van der Waals surface area (Å²) in [5, 5.41) is 7.02. The predicted molar refractivity (Wildman–Crippen MR) is 100 cm³/mol. The number of aryl methyl sites for hydroxylation is 1. The van der Waals surface area contributed by atoms with Gasteiger partial charge in [-0.15, -0.1) is 0 Å². The van der Waals surface area contributed by atoms with Gasteiger partial charge in [0, 0.05) is 13.6 Å². The molecule has 3 rings (SSSR count). The molecule has 1 aliphatic rings. The Bertz CT molecular complexity index is 871. The van der Waals surface area contributed by atoms with Gasteiger partial charge in [0.25, 0.3) is 5.91 Å². The van der Waals surface area contributed by atoms with Gasteiger partial charge in [0.2, 0.25) is 5.84 Å². The Morgan fingerprint density at radius 3 is 3.00 bits per heavy atom. The number of carbonyl (C=O) groups is 1. The highest BCUT2D eigenvalue weighted by atomic mass is 16.6. The lowest BCUT2D eigenvalue weighted by Crippen LogP contribution is -2.26.